The number of nitrogens with one attached hydrogen (secondary N) is 1. The van der Waals surface area contributed by atoms with Gasteiger partial charge < -0.3 is 19.4 Å². The molecule has 0 fully saturated rings. The highest BCUT2D eigenvalue weighted by atomic mass is 16.5. The summed E-state index contributed by atoms with van der Waals surface area (Å²) >= 11 is 0. The summed E-state index contributed by atoms with van der Waals surface area (Å²) in [6.45, 7) is 3.78. The van der Waals surface area contributed by atoms with Gasteiger partial charge in [0, 0.05) is 12.1 Å². The van der Waals surface area contributed by atoms with Crippen LogP contribution in [0.15, 0.2) is 72.8 Å². The lowest BCUT2D eigenvalue weighted by Gasteiger charge is -2.12. The summed E-state index contributed by atoms with van der Waals surface area (Å²) in [4.78, 5) is 17.3. The van der Waals surface area contributed by atoms with Gasteiger partial charge in [0.25, 0.3) is 5.91 Å². The molecule has 0 spiro atoms. The van der Waals surface area contributed by atoms with E-state index < -0.39 is 0 Å². The van der Waals surface area contributed by atoms with Gasteiger partial charge in [-0.3, -0.25) is 4.79 Å². The van der Waals surface area contributed by atoms with E-state index >= 15 is 0 Å². The van der Waals surface area contributed by atoms with Gasteiger partial charge in [0.1, 0.15) is 5.82 Å². The molecule has 0 saturated heterocycles. The van der Waals surface area contributed by atoms with Crippen LogP contribution in [0, 0.1) is 6.92 Å². The molecule has 1 N–H and O–H groups in total. The minimum Gasteiger partial charge on any atom is -0.493 e. The number of fused-ring (bicyclic) bond motifs is 1. The Morgan fingerprint density at radius 2 is 1.67 bits per heavy atom. The lowest BCUT2D eigenvalue weighted by atomic mass is 10.1. The topological polar surface area (TPSA) is 65.4 Å². The highest BCUT2D eigenvalue weighted by Gasteiger charge is 2.12. The van der Waals surface area contributed by atoms with E-state index in [1.54, 1.807) is 7.11 Å². The summed E-state index contributed by atoms with van der Waals surface area (Å²) < 4.78 is 13.4. The van der Waals surface area contributed by atoms with Crippen LogP contribution in [0.2, 0.25) is 0 Å². The van der Waals surface area contributed by atoms with E-state index in [1.165, 1.54) is 0 Å². The Morgan fingerprint density at radius 3 is 2.45 bits per heavy atom. The number of nitrogens with zero attached hydrogens (tertiary/aromatic N) is 2. The number of ether oxygens (including phenoxy) is 2. The number of amides is 1. The number of para-hydroxylation sites is 4. The van der Waals surface area contributed by atoms with Gasteiger partial charge in [0.15, 0.2) is 11.5 Å². The Balaban J connectivity index is 1.37. The number of benzene rings is 3. The minimum atomic E-state index is -0.0983. The number of aromatic nitrogens is 2. The molecule has 0 atom stereocenters. The fourth-order valence-corrected chi connectivity index (χ4v) is 3.77. The Morgan fingerprint density at radius 1 is 0.939 bits per heavy atom. The van der Waals surface area contributed by atoms with Crippen molar-refractivity contribution in [1.29, 1.82) is 0 Å². The smallest absolute Gasteiger partial charge is 0.251 e. The molecular formula is C27H29N3O3. The Labute approximate surface area is 194 Å². The molecule has 0 saturated carbocycles. The average Bonchev–Trinajstić information content (AvgIpc) is 3.20. The van der Waals surface area contributed by atoms with E-state index in [9.17, 15) is 4.79 Å². The molecular weight excluding hydrogens is 414 g/mol. The van der Waals surface area contributed by atoms with Gasteiger partial charge in [-0.1, -0.05) is 42.0 Å². The van der Waals surface area contributed by atoms with Crippen molar-refractivity contribution in [2.24, 2.45) is 0 Å². The zero-order valence-electron chi connectivity index (χ0n) is 19.1. The van der Waals surface area contributed by atoms with Gasteiger partial charge in [-0.15, -0.1) is 0 Å². The zero-order valence-corrected chi connectivity index (χ0v) is 19.1. The first-order valence-corrected chi connectivity index (χ1v) is 11.2. The summed E-state index contributed by atoms with van der Waals surface area (Å²) in [5.74, 6) is 2.25. The Kier molecular flexibility index (Phi) is 7.25. The first kappa shape index (κ1) is 22.4. The third kappa shape index (κ3) is 5.52. The lowest BCUT2D eigenvalue weighted by molar-refractivity contribution is 0.0949. The van der Waals surface area contributed by atoms with Gasteiger partial charge in [0.05, 0.1) is 31.3 Å². The van der Waals surface area contributed by atoms with E-state index in [-0.39, 0.29) is 5.91 Å². The number of hydrogen-bond donors (Lipinski definition) is 1. The van der Waals surface area contributed by atoms with Crippen LogP contribution in [-0.4, -0.2) is 29.2 Å². The largest absolute Gasteiger partial charge is 0.493 e. The third-order valence-corrected chi connectivity index (χ3v) is 5.56. The molecule has 0 aliphatic rings. The normalized spacial score (nSPS) is 10.8. The van der Waals surface area contributed by atoms with Crippen LogP contribution in [0.4, 0.5) is 0 Å². The second-order valence-electron chi connectivity index (χ2n) is 7.92. The van der Waals surface area contributed by atoms with Crippen LogP contribution in [0.25, 0.3) is 11.0 Å². The van der Waals surface area contributed by atoms with Gasteiger partial charge in [-0.25, -0.2) is 4.98 Å². The predicted octanol–water partition coefficient (Wildman–Crippen LogP) is 5.14. The Hall–Kier alpha value is -3.80. The fraction of sp³-hybridized carbons (Fsp3) is 0.259. The maximum Gasteiger partial charge on any atom is 0.251 e. The summed E-state index contributed by atoms with van der Waals surface area (Å²) in [6, 6.07) is 23.3. The summed E-state index contributed by atoms with van der Waals surface area (Å²) in [6.07, 6.45) is 1.81. The molecule has 0 unspecified atom stereocenters. The van der Waals surface area contributed by atoms with Crippen LogP contribution in [-0.2, 0) is 13.1 Å². The van der Waals surface area contributed by atoms with Crippen molar-refractivity contribution in [1.82, 2.24) is 14.9 Å². The number of methoxy groups -OCH3 is 1. The van der Waals surface area contributed by atoms with Crippen molar-refractivity contribution in [3.63, 3.8) is 0 Å². The van der Waals surface area contributed by atoms with E-state index in [2.05, 4.69) is 16.0 Å². The summed E-state index contributed by atoms with van der Waals surface area (Å²) in [7, 11) is 1.64. The molecule has 6 heteroatoms. The van der Waals surface area contributed by atoms with Crippen molar-refractivity contribution in [3.8, 4) is 11.5 Å². The molecule has 33 heavy (non-hydrogen) atoms. The van der Waals surface area contributed by atoms with Crippen LogP contribution < -0.4 is 14.8 Å². The lowest BCUT2D eigenvalue weighted by Crippen LogP contribution is -2.24. The molecule has 0 radical (unpaired) electrons. The van der Waals surface area contributed by atoms with Crippen molar-refractivity contribution < 1.29 is 14.3 Å². The SMILES string of the molecule is COc1ccccc1OCCCCn1c(CNC(=O)c2ccc(C)cc2)nc2ccccc21. The van der Waals surface area contributed by atoms with E-state index in [4.69, 9.17) is 14.5 Å². The van der Waals surface area contributed by atoms with E-state index in [1.807, 2.05) is 73.7 Å². The molecule has 4 rings (SSSR count). The average molecular weight is 444 g/mol. The quantitative estimate of drug-likeness (QED) is 0.345. The maximum atomic E-state index is 12.6. The molecule has 6 nitrogen and oxygen atoms in total. The molecule has 4 aromatic rings. The van der Waals surface area contributed by atoms with Crippen molar-refractivity contribution >= 4 is 16.9 Å². The number of carbonyl (C=O) groups excluding carboxylic acids is 1. The number of imidazole rings is 1. The second kappa shape index (κ2) is 10.7. The van der Waals surface area contributed by atoms with E-state index in [0.717, 1.165) is 53.3 Å². The van der Waals surface area contributed by atoms with Crippen LogP contribution in [0.3, 0.4) is 0 Å². The van der Waals surface area contributed by atoms with Gasteiger partial charge in [-0.05, 0) is 56.2 Å². The second-order valence-corrected chi connectivity index (χ2v) is 7.92. The first-order valence-electron chi connectivity index (χ1n) is 11.2. The summed E-state index contributed by atoms with van der Waals surface area (Å²) in [5, 5.41) is 3.01. The molecule has 1 aromatic heterocycles. The molecule has 0 aliphatic heterocycles. The highest BCUT2D eigenvalue weighted by molar-refractivity contribution is 5.94. The standard InChI is InChI=1S/C27H29N3O3/c1-20-13-15-21(16-14-20)27(31)28-19-26-29-22-9-3-4-10-23(22)30(26)17-7-8-18-33-25-12-6-5-11-24(25)32-2/h3-6,9-16H,7-8,17-19H2,1-2H3,(H,28,31). The number of rotatable bonds is 10. The summed E-state index contributed by atoms with van der Waals surface area (Å²) in [5.41, 5.74) is 3.78. The molecule has 170 valence electrons. The van der Waals surface area contributed by atoms with E-state index in [0.29, 0.717) is 18.7 Å². The fourth-order valence-electron chi connectivity index (χ4n) is 3.77. The minimum absolute atomic E-state index is 0.0983. The first-order chi connectivity index (χ1) is 16.2. The van der Waals surface area contributed by atoms with Crippen LogP contribution in [0.5, 0.6) is 11.5 Å². The number of unbranched alkanes of at least 4 members (excludes halogenated alkanes) is 1. The predicted molar refractivity (Wildman–Crippen MR) is 130 cm³/mol. The third-order valence-electron chi connectivity index (χ3n) is 5.56. The molecule has 1 heterocycles. The Bertz CT molecular complexity index is 1220. The highest BCUT2D eigenvalue weighted by Crippen LogP contribution is 2.26. The van der Waals surface area contributed by atoms with Gasteiger partial charge in [-0.2, -0.15) is 0 Å². The number of aryl methyl sites for hydroxylation is 2. The monoisotopic (exact) mass is 443 g/mol. The maximum absolute atomic E-state index is 12.6. The molecule has 0 bridgehead atoms. The molecule has 1 amide bonds. The van der Waals surface area contributed by atoms with Crippen LogP contribution in [0.1, 0.15) is 34.6 Å². The van der Waals surface area contributed by atoms with Crippen molar-refractivity contribution in [2.45, 2.75) is 32.9 Å². The molecule has 0 aliphatic carbocycles. The van der Waals surface area contributed by atoms with Crippen molar-refractivity contribution in [2.75, 3.05) is 13.7 Å². The van der Waals surface area contributed by atoms with Gasteiger partial charge >= 0.3 is 0 Å². The number of hydrogen-bond acceptors (Lipinski definition) is 4. The van der Waals surface area contributed by atoms with Gasteiger partial charge in [0.2, 0.25) is 0 Å². The zero-order chi connectivity index (χ0) is 23.0. The van der Waals surface area contributed by atoms with Crippen molar-refractivity contribution in [3.05, 3.63) is 89.7 Å². The molecule has 3 aromatic carbocycles. The van der Waals surface area contributed by atoms with Crippen LogP contribution >= 0.6 is 0 Å². The number of carbonyl (C=O) groups is 1.